The Morgan fingerprint density at radius 1 is 1.10 bits per heavy atom. The number of aromatic nitrogens is 2. The molecule has 11 heteroatoms. The van der Waals surface area contributed by atoms with E-state index in [1.165, 1.54) is 11.8 Å². The maximum Gasteiger partial charge on any atom is 0.243 e. The quantitative estimate of drug-likeness (QED) is 0.385. The van der Waals surface area contributed by atoms with E-state index in [9.17, 15) is 22.8 Å². The van der Waals surface area contributed by atoms with Gasteiger partial charge < -0.3 is 19.9 Å². The summed E-state index contributed by atoms with van der Waals surface area (Å²) in [5.74, 6) is -5.80. The molecule has 3 rings (SSSR count). The number of fused-ring (bicyclic) bond motifs is 1. The summed E-state index contributed by atoms with van der Waals surface area (Å²) in [6.07, 6.45) is 0. The normalized spacial score (nSPS) is 11.0. The van der Waals surface area contributed by atoms with Crippen molar-refractivity contribution in [1.29, 1.82) is 0 Å². The molecule has 7 nitrogen and oxygen atoms in total. The van der Waals surface area contributed by atoms with Gasteiger partial charge in [-0.2, -0.15) is 0 Å². The number of ether oxygens (including phenoxy) is 1. The van der Waals surface area contributed by atoms with E-state index in [0.717, 1.165) is 17.1 Å². The number of para-hydroxylation sites is 2. The second kappa shape index (κ2) is 10.3. The van der Waals surface area contributed by atoms with Crippen LogP contribution in [0, 0.1) is 17.5 Å². The number of amides is 2. The van der Waals surface area contributed by atoms with E-state index in [1.807, 2.05) is 28.8 Å². The molecular formula is C20H19F3N4O3S. The monoisotopic (exact) mass is 452 g/mol. The molecule has 2 aromatic carbocycles. The van der Waals surface area contributed by atoms with E-state index in [2.05, 4.69) is 15.6 Å². The average Bonchev–Trinajstić information content (AvgIpc) is 3.12. The fourth-order valence-electron chi connectivity index (χ4n) is 2.74. The third-order valence-corrected chi connectivity index (χ3v) is 5.20. The lowest BCUT2D eigenvalue weighted by Gasteiger charge is -2.09. The summed E-state index contributed by atoms with van der Waals surface area (Å²) >= 11 is 1.19. The van der Waals surface area contributed by atoms with Gasteiger partial charge in [-0.15, -0.1) is 0 Å². The molecule has 0 saturated heterocycles. The number of carbonyl (C=O) groups excluding carboxylic acids is 2. The van der Waals surface area contributed by atoms with Crippen LogP contribution in [0.4, 0.5) is 18.9 Å². The van der Waals surface area contributed by atoms with Crippen molar-refractivity contribution in [2.75, 3.05) is 31.3 Å². The molecule has 0 aliphatic heterocycles. The fraction of sp³-hybridized carbons (Fsp3) is 0.250. The summed E-state index contributed by atoms with van der Waals surface area (Å²) in [6.45, 7) is 0.571. The molecule has 31 heavy (non-hydrogen) atoms. The third-order valence-electron chi connectivity index (χ3n) is 4.23. The van der Waals surface area contributed by atoms with E-state index in [4.69, 9.17) is 4.74 Å². The van der Waals surface area contributed by atoms with Crippen molar-refractivity contribution in [2.24, 2.45) is 0 Å². The van der Waals surface area contributed by atoms with Crippen LogP contribution in [0.5, 0.6) is 0 Å². The molecule has 0 radical (unpaired) electrons. The zero-order valence-corrected chi connectivity index (χ0v) is 17.3. The first-order chi connectivity index (χ1) is 14.9. The molecule has 2 N–H and O–H groups in total. The summed E-state index contributed by atoms with van der Waals surface area (Å²) in [6, 6.07) is 9.13. The second-order valence-electron chi connectivity index (χ2n) is 6.36. The van der Waals surface area contributed by atoms with Crippen LogP contribution in [0.3, 0.4) is 0 Å². The predicted molar refractivity (Wildman–Crippen MR) is 110 cm³/mol. The van der Waals surface area contributed by atoms with Gasteiger partial charge in [0.05, 0.1) is 35.6 Å². The summed E-state index contributed by atoms with van der Waals surface area (Å²) in [5.41, 5.74) is 1.18. The van der Waals surface area contributed by atoms with Crippen LogP contribution >= 0.6 is 11.8 Å². The zero-order chi connectivity index (χ0) is 22.4. The number of nitrogens with one attached hydrogen (secondary N) is 2. The van der Waals surface area contributed by atoms with Crippen LogP contribution in [0.15, 0.2) is 41.6 Å². The lowest BCUT2D eigenvalue weighted by atomic mass is 10.2. The van der Waals surface area contributed by atoms with Gasteiger partial charge in [-0.1, -0.05) is 23.9 Å². The van der Waals surface area contributed by atoms with Gasteiger partial charge in [0.1, 0.15) is 0 Å². The number of imidazole rings is 1. The fourth-order valence-corrected chi connectivity index (χ4v) is 3.61. The van der Waals surface area contributed by atoms with Crippen LogP contribution in [-0.2, 0) is 20.9 Å². The predicted octanol–water partition coefficient (Wildman–Crippen LogP) is 2.95. The number of hydrogen-bond donors (Lipinski definition) is 2. The number of carbonyl (C=O) groups is 2. The molecule has 3 aromatic rings. The first-order valence-electron chi connectivity index (χ1n) is 9.17. The molecule has 2 amide bonds. The highest BCUT2D eigenvalue weighted by Gasteiger charge is 2.16. The van der Waals surface area contributed by atoms with Crippen LogP contribution in [0.2, 0.25) is 0 Å². The number of benzene rings is 2. The highest BCUT2D eigenvalue weighted by atomic mass is 32.2. The molecule has 0 atom stereocenters. The third kappa shape index (κ3) is 5.56. The minimum atomic E-state index is -1.69. The lowest BCUT2D eigenvalue weighted by Crippen LogP contribution is -2.34. The maximum absolute atomic E-state index is 13.6. The Hall–Kier alpha value is -3.05. The summed E-state index contributed by atoms with van der Waals surface area (Å²) < 4.78 is 46.8. The van der Waals surface area contributed by atoms with E-state index >= 15 is 0 Å². The van der Waals surface area contributed by atoms with Crippen molar-refractivity contribution >= 4 is 40.3 Å². The van der Waals surface area contributed by atoms with Crippen molar-refractivity contribution in [2.45, 2.75) is 11.7 Å². The van der Waals surface area contributed by atoms with E-state index < -0.39 is 41.5 Å². The SMILES string of the molecule is COCCn1c(SCC(=O)NCC(=O)Nc2ccc(F)c(F)c2F)nc2ccccc21. The average molecular weight is 452 g/mol. The number of anilines is 1. The van der Waals surface area contributed by atoms with Gasteiger partial charge >= 0.3 is 0 Å². The van der Waals surface area contributed by atoms with Crippen LogP contribution in [-0.4, -0.2) is 47.4 Å². The van der Waals surface area contributed by atoms with Gasteiger partial charge in [0.2, 0.25) is 11.8 Å². The standard InChI is InChI=1S/C20H19F3N4O3S/c1-30-9-8-27-15-5-3-2-4-13(15)26-20(27)31-11-17(29)24-10-16(28)25-14-7-6-12(21)18(22)19(14)23/h2-7H,8-11H2,1H3,(H,24,29)(H,25,28). The van der Waals surface area contributed by atoms with Crippen LogP contribution < -0.4 is 10.6 Å². The molecule has 0 saturated carbocycles. The number of methoxy groups -OCH3 is 1. The molecule has 164 valence electrons. The number of nitrogens with zero attached hydrogens (tertiary/aromatic N) is 2. The maximum atomic E-state index is 13.6. The van der Waals surface area contributed by atoms with Crippen LogP contribution in [0.1, 0.15) is 0 Å². The molecule has 0 unspecified atom stereocenters. The number of halogens is 3. The number of rotatable bonds is 9. The van der Waals surface area contributed by atoms with Gasteiger partial charge in [-0.25, -0.2) is 18.2 Å². The van der Waals surface area contributed by atoms with Crippen molar-refractivity contribution < 1.29 is 27.5 Å². The molecule has 1 heterocycles. The van der Waals surface area contributed by atoms with Gasteiger partial charge in [-0.3, -0.25) is 9.59 Å². The summed E-state index contributed by atoms with van der Waals surface area (Å²) in [4.78, 5) is 28.5. The Morgan fingerprint density at radius 3 is 2.65 bits per heavy atom. The van der Waals surface area contributed by atoms with E-state index in [-0.39, 0.29) is 5.75 Å². The molecule has 0 bridgehead atoms. The summed E-state index contributed by atoms with van der Waals surface area (Å²) in [7, 11) is 1.59. The second-order valence-corrected chi connectivity index (χ2v) is 7.31. The molecule has 0 aliphatic rings. The molecule has 0 aliphatic carbocycles. The van der Waals surface area contributed by atoms with Gasteiger partial charge in [0.15, 0.2) is 22.6 Å². The van der Waals surface area contributed by atoms with Gasteiger partial charge in [-0.05, 0) is 24.3 Å². The Labute approximate surface area is 180 Å². The molecule has 0 spiro atoms. The van der Waals surface area contributed by atoms with Crippen molar-refractivity contribution in [3.63, 3.8) is 0 Å². The minimum absolute atomic E-state index is 0.0108. The topological polar surface area (TPSA) is 85.2 Å². The highest BCUT2D eigenvalue weighted by Crippen LogP contribution is 2.24. The molecule has 1 aromatic heterocycles. The Balaban J connectivity index is 1.55. The molecular weight excluding hydrogens is 433 g/mol. The lowest BCUT2D eigenvalue weighted by molar-refractivity contribution is -0.122. The number of thioether (sulfide) groups is 1. The highest BCUT2D eigenvalue weighted by molar-refractivity contribution is 7.99. The Kier molecular flexibility index (Phi) is 7.53. The van der Waals surface area contributed by atoms with E-state index in [1.54, 1.807) is 7.11 Å². The van der Waals surface area contributed by atoms with Crippen LogP contribution in [0.25, 0.3) is 11.0 Å². The van der Waals surface area contributed by atoms with Gasteiger partial charge in [0.25, 0.3) is 0 Å². The zero-order valence-electron chi connectivity index (χ0n) is 16.5. The number of hydrogen-bond acceptors (Lipinski definition) is 5. The molecule has 0 fully saturated rings. The largest absolute Gasteiger partial charge is 0.383 e. The smallest absolute Gasteiger partial charge is 0.243 e. The first kappa shape index (κ1) is 22.6. The Morgan fingerprint density at radius 2 is 1.87 bits per heavy atom. The minimum Gasteiger partial charge on any atom is -0.383 e. The summed E-state index contributed by atoms with van der Waals surface area (Å²) in [5, 5.41) is 5.10. The van der Waals surface area contributed by atoms with Gasteiger partial charge in [0, 0.05) is 13.7 Å². The first-order valence-corrected chi connectivity index (χ1v) is 10.2. The van der Waals surface area contributed by atoms with Crippen molar-refractivity contribution in [3.8, 4) is 0 Å². The van der Waals surface area contributed by atoms with Crippen molar-refractivity contribution in [3.05, 3.63) is 53.8 Å². The Bertz CT molecular complexity index is 1110. The van der Waals surface area contributed by atoms with E-state index in [0.29, 0.717) is 24.4 Å². The van der Waals surface area contributed by atoms with Crippen molar-refractivity contribution in [1.82, 2.24) is 14.9 Å².